The summed E-state index contributed by atoms with van der Waals surface area (Å²) in [7, 11) is -1.66. The van der Waals surface area contributed by atoms with Gasteiger partial charge < -0.3 is 10.2 Å². The highest BCUT2D eigenvalue weighted by molar-refractivity contribution is 7.91. The fraction of sp³-hybridized carbons (Fsp3) is 0.458. The molecule has 2 aromatic carbocycles. The number of likely N-dealkylation sites (N-methyl/N-ethyl adjacent to an activating group) is 1. The van der Waals surface area contributed by atoms with Gasteiger partial charge in [0.05, 0.1) is 4.90 Å². The van der Waals surface area contributed by atoms with Crippen molar-refractivity contribution in [1.82, 2.24) is 4.90 Å². The van der Waals surface area contributed by atoms with E-state index in [0.717, 1.165) is 80.4 Å². The van der Waals surface area contributed by atoms with Gasteiger partial charge in [0.15, 0.2) is 0 Å². The number of carbonyl (C=O) groups is 1. The molecule has 170 valence electrons. The first kappa shape index (κ1) is 21.6. The lowest BCUT2D eigenvalue weighted by Crippen LogP contribution is -2.30. The Kier molecular flexibility index (Phi) is 5.55. The van der Waals surface area contributed by atoms with Crippen LogP contribution in [0.5, 0.6) is 0 Å². The molecule has 1 aliphatic heterocycles. The van der Waals surface area contributed by atoms with Crippen LogP contribution in [0.1, 0.15) is 53.0 Å². The van der Waals surface area contributed by atoms with Crippen LogP contribution in [-0.2, 0) is 35.6 Å². The van der Waals surface area contributed by atoms with E-state index in [-0.39, 0.29) is 10.8 Å². The summed E-state index contributed by atoms with van der Waals surface area (Å²) in [4.78, 5) is 14.7. The van der Waals surface area contributed by atoms with Gasteiger partial charge in [0.1, 0.15) is 15.7 Å². The normalized spacial score (nSPS) is 21.8. The molecule has 1 heterocycles. The molecule has 0 bridgehead atoms. The van der Waals surface area contributed by atoms with Crippen molar-refractivity contribution in [2.45, 2.75) is 55.8 Å². The van der Waals surface area contributed by atoms with E-state index in [0.29, 0.717) is 0 Å². The number of carbonyl (C=O) groups excluding carboxylic acids is 1. The molecule has 2 aliphatic carbocycles. The van der Waals surface area contributed by atoms with Gasteiger partial charge in [0.2, 0.25) is 0 Å². The van der Waals surface area contributed by atoms with E-state index in [1.54, 1.807) is 6.07 Å². The first-order valence-electron chi connectivity index (χ1n) is 11.3. The second kappa shape index (κ2) is 8.24. The number of urea groups is 1. The van der Waals surface area contributed by atoms with Crippen molar-refractivity contribution in [1.29, 1.82) is 0 Å². The van der Waals surface area contributed by atoms with Crippen LogP contribution in [0.3, 0.4) is 0 Å². The number of fused-ring (bicyclic) bond motifs is 2. The number of hydrogen-bond donors (Lipinski definition) is 2. The molecule has 2 atom stereocenters. The van der Waals surface area contributed by atoms with Crippen molar-refractivity contribution in [3.05, 3.63) is 57.9 Å². The molecule has 0 radical (unpaired) electrons. The Morgan fingerprint density at radius 3 is 2.66 bits per heavy atom. The summed E-state index contributed by atoms with van der Waals surface area (Å²) in [5, 5.41) is 8.71. The zero-order chi connectivity index (χ0) is 22.5. The Hall–Kier alpha value is -2.29. The standard InChI is InChI=1S/C24H29FN4O2S/c1-29-11-3-5-18(14-29)15-8-10-22(21(25)13-15)32(26,31)28-24(30)27-23-19-6-2-4-16(19)12-17-7-9-20(17)23/h8,10,12-13,18H,2-7,9,11,14H2,1H3,(H3,26,27,28,30,31)/t18-,32-/m0/s1. The van der Waals surface area contributed by atoms with E-state index in [9.17, 15) is 13.4 Å². The average Bonchev–Trinajstić information content (AvgIpc) is 3.18. The van der Waals surface area contributed by atoms with E-state index < -0.39 is 21.8 Å². The van der Waals surface area contributed by atoms with Crippen molar-refractivity contribution in [2.24, 2.45) is 9.50 Å². The van der Waals surface area contributed by atoms with E-state index in [1.807, 2.05) is 0 Å². The first-order chi connectivity index (χ1) is 15.3. The zero-order valence-electron chi connectivity index (χ0n) is 18.3. The molecule has 2 amide bonds. The first-order valence-corrected chi connectivity index (χ1v) is 12.9. The van der Waals surface area contributed by atoms with Crippen LogP contribution >= 0.6 is 0 Å². The Balaban J connectivity index is 1.40. The topological polar surface area (TPSA) is 87.8 Å². The van der Waals surface area contributed by atoms with Crippen LogP contribution in [0.2, 0.25) is 0 Å². The third kappa shape index (κ3) is 3.95. The molecule has 1 fully saturated rings. The molecular weight excluding hydrogens is 427 g/mol. The van der Waals surface area contributed by atoms with Gasteiger partial charge in [-0.2, -0.15) is 0 Å². The molecule has 32 heavy (non-hydrogen) atoms. The Morgan fingerprint density at radius 1 is 1.16 bits per heavy atom. The van der Waals surface area contributed by atoms with Crippen molar-refractivity contribution < 1.29 is 13.4 Å². The minimum atomic E-state index is -3.71. The van der Waals surface area contributed by atoms with Crippen molar-refractivity contribution in [2.75, 3.05) is 25.5 Å². The molecule has 8 heteroatoms. The summed E-state index contributed by atoms with van der Waals surface area (Å²) < 4.78 is 31.7. The summed E-state index contributed by atoms with van der Waals surface area (Å²) >= 11 is 0. The van der Waals surface area contributed by atoms with E-state index in [4.69, 9.17) is 5.14 Å². The maximum atomic E-state index is 14.9. The summed E-state index contributed by atoms with van der Waals surface area (Å²) in [6, 6.07) is 6.02. The van der Waals surface area contributed by atoms with Gasteiger partial charge >= 0.3 is 6.03 Å². The van der Waals surface area contributed by atoms with Crippen molar-refractivity contribution in [3.63, 3.8) is 0 Å². The maximum absolute atomic E-state index is 14.9. The van der Waals surface area contributed by atoms with Crippen LogP contribution < -0.4 is 10.5 Å². The summed E-state index contributed by atoms with van der Waals surface area (Å²) in [6.45, 7) is 1.89. The van der Waals surface area contributed by atoms with Gasteiger partial charge in [-0.25, -0.2) is 18.5 Å². The van der Waals surface area contributed by atoms with Crippen molar-refractivity contribution >= 4 is 21.6 Å². The quantitative estimate of drug-likeness (QED) is 0.727. The second-order valence-electron chi connectivity index (χ2n) is 9.26. The highest BCUT2D eigenvalue weighted by atomic mass is 32.2. The highest BCUT2D eigenvalue weighted by Gasteiger charge is 2.27. The Labute approximate surface area is 188 Å². The fourth-order valence-corrected chi connectivity index (χ4v) is 6.33. The molecule has 0 spiro atoms. The molecule has 3 aliphatic rings. The molecule has 0 unspecified atom stereocenters. The number of nitrogens with zero attached hydrogens (tertiary/aromatic N) is 2. The van der Waals surface area contributed by atoms with Crippen LogP contribution in [0.4, 0.5) is 14.9 Å². The lowest BCUT2D eigenvalue weighted by atomic mass is 9.83. The summed E-state index contributed by atoms with van der Waals surface area (Å²) in [5.41, 5.74) is 6.44. The van der Waals surface area contributed by atoms with Gasteiger partial charge in [-0.3, -0.25) is 0 Å². The number of nitrogens with two attached hydrogens (primary N) is 1. The number of halogens is 1. The van der Waals surface area contributed by atoms with Crippen LogP contribution in [0.25, 0.3) is 0 Å². The number of likely N-dealkylation sites (tertiary alicyclic amines) is 1. The molecule has 6 nitrogen and oxygen atoms in total. The number of hydrogen-bond acceptors (Lipinski definition) is 3. The maximum Gasteiger partial charge on any atom is 0.354 e. The lowest BCUT2D eigenvalue weighted by molar-refractivity contribution is 0.250. The molecule has 0 aromatic heterocycles. The molecule has 3 N–H and O–H groups in total. The number of aryl methyl sites for hydroxylation is 2. The van der Waals surface area contributed by atoms with Crippen LogP contribution in [0, 0.1) is 5.82 Å². The van der Waals surface area contributed by atoms with Crippen LogP contribution in [0.15, 0.2) is 33.5 Å². The summed E-state index contributed by atoms with van der Waals surface area (Å²) in [6.07, 6.45) is 6.92. The van der Waals surface area contributed by atoms with Gasteiger partial charge in [0.25, 0.3) is 0 Å². The molecule has 5 rings (SSSR count). The molecule has 0 saturated carbocycles. The van der Waals surface area contributed by atoms with E-state index >= 15 is 0 Å². The van der Waals surface area contributed by atoms with Crippen LogP contribution in [-0.4, -0.2) is 35.3 Å². The van der Waals surface area contributed by atoms with E-state index in [1.165, 1.54) is 23.3 Å². The largest absolute Gasteiger partial charge is 0.354 e. The third-order valence-corrected chi connectivity index (χ3v) is 8.46. The number of anilines is 1. The lowest BCUT2D eigenvalue weighted by Gasteiger charge is -2.30. The molecular formula is C24H29FN4O2S. The summed E-state index contributed by atoms with van der Waals surface area (Å²) in [5.74, 6) is -0.450. The number of piperidine rings is 1. The Bertz CT molecular complexity index is 1220. The number of amides is 2. The highest BCUT2D eigenvalue weighted by Crippen LogP contribution is 2.39. The van der Waals surface area contributed by atoms with E-state index in [2.05, 4.69) is 27.7 Å². The SMILES string of the molecule is CN1CCC[C@H](c2ccc([S@@](N)(=O)=NC(=O)Nc3c4c(cc5c3CC5)CCC4)c(F)c2)C1. The Morgan fingerprint density at radius 2 is 1.94 bits per heavy atom. The number of benzene rings is 2. The van der Waals surface area contributed by atoms with Crippen molar-refractivity contribution in [3.8, 4) is 0 Å². The predicted molar refractivity (Wildman–Crippen MR) is 124 cm³/mol. The fourth-order valence-electron chi connectivity index (χ4n) is 5.34. The monoisotopic (exact) mass is 456 g/mol. The van der Waals surface area contributed by atoms with Gasteiger partial charge in [-0.15, -0.1) is 4.36 Å². The van der Waals surface area contributed by atoms with Gasteiger partial charge in [-0.1, -0.05) is 12.1 Å². The number of nitrogens with one attached hydrogen (secondary N) is 1. The molecule has 1 saturated heterocycles. The van der Waals surface area contributed by atoms with Gasteiger partial charge in [0, 0.05) is 12.2 Å². The molecule has 2 aromatic rings. The minimum Gasteiger partial charge on any atom is -0.306 e. The van der Waals surface area contributed by atoms with Gasteiger partial charge in [-0.05, 0) is 104 Å². The smallest absolute Gasteiger partial charge is 0.306 e. The second-order valence-corrected chi connectivity index (χ2v) is 11.0. The average molecular weight is 457 g/mol. The minimum absolute atomic E-state index is 0.227. The predicted octanol–water partition coefficient (Wildman–Crippen LogP) is 4.15. The third-order valence-electron chi connectivity index (χ3n) is 7.06. The number of rotatable bonds is 3. The zero-order valence-corrected chi connectivity index (χ0v) is 19.1.